The van der Waals surface area contributed by atoms with Crippen LogP contribution in [0.15, 0.2) is 12.1 Å². The molecule has 2 unspecified atom stereocenters. The second-order valence-electron chi connectivity index (χ2n) is 5.07. The van der Waals surface area contributed by atoms with Crippen LogP contribution in [0.25, 0.3) is 5.65 Å². The largest absolute Gasteiger partial charge is 0.480 e. The molecule has 2 heterocycles. The van der Waals surface area contributed by atoms with Crippen LogP contribution in [0, 0.1) is 5.92 Å². The summed E-state index contributed by atoms with van der Waals surface area (Å²) in [6.07, 6.45) is 1.10. The van der Waals surface area contributed by atoms with Gasteiger partial charge in [-0.05, 0) is 31.4 Å². The highest BCUT2D eigenvalue weighted by molar-refractivity contribution is 5.76. The van der Waals surface area contributed by atoms with E-state index in [0.29, 0.717) is 23.3 Å². The molecule has 19 heavy (non-hydrogen) atoms. The molecule has 0 spiro atoms. The summed E-state index contributed by atoms with van der Waals surface area (Å²) in [6, 6.07) is 2.81. The van der Waals surface area contributed by atoms with Crippen LogP contribution < -0.4 is 5.32 Å². The normalized spacial score (nSPS) is 23.3. The Hall–Kier alpha value is -2.18. The SMILES string of the molecule is CC1CC1c1nnc2ccc(N[C@H](C)C(=O)O)nn12. The van der Waals surface area contributed by atoms with Gasteiger partial charge in [0, 0.05) is 5.92 Å². The number of rotatable bonds is 4. The van der Waals surface area contributed by atoms with Gasteiger partial charge in [-0.3, -0.25) is 4.79 Å². The molecular formula is C12H15N5O2. The molecule has 3 atom stereocenters. The van der Waals surface area contributed by atoms with Crippen molar-refractivity contribution in [1.29, 1.82) is 0 Å². The molecule has 0 bridgehead atoms. The van der Waals surface area contributed by atoms with Crippen molar-refractivity contribution < 1.29 is 9.90 Å². The predicted octanol–water partition coefficient (Wildman–Crippen LogP) is 1.13. The molecule has 0 radical (unpaired) electrons. The summed E-state index contributed by atoms with van der Waals surface area (Å²) in [7, 11) is 0. The van der Waals surface area contributed by atoms with Gasteiger partial charge < -0.3 is 10.4 Å². The molecule has 0 saturated heterocycles. The Kier molecular flexibility index (Phi) is 2.62. The average Bonchev–Trinajstić information content (AvgIpc) is 2.95. The molecule has 3 rings (SSSR count). The van der Waals surface area contributed by atoms with E-state index >= 15 is 0 Å². The van der Waals surface area contributed by atoms with Crippen LogP contribution in [0.1, 0.15) is 32.0 Å². The third-order valence-corrected chi connectivity index (χ3v) is 3.46. The van der Waals surface area contributed by atoms with Crippen molar-refractivity contribution >= 4 is 17.4 Å². The number of aromatic nitrogens is 4. The van der Waals surface area contributed by atoms with Gasteiger partial charge in [-0.15, -0.1) is 15.3 Å². The van der Waals surface area contributed by atoms with E-state index in [1.807, 2.05) is 0 Å². The number of carbonyl (C=O) groups is 1. The Balaban J connectivity index is 1.93. The van der Waals surface area contributed by atoms with Crippen molar-refractivity contribution in [2.75, 3.05) is 5.32 Å². The first-order valence-corrected chi connectivity index (χ1v) is 6.28. The maximum Gasteiger partial charge on any atom is 0.325 e. The van der Waals surface area contributed by atoms with E-state index in [9.17, 15) is 4.79 Å². The highest BCUT2D eigenvalue weighted by Gasteiger charge is 2.38. The summed E-state index contributed by atoms with van der Waals surface area (Å²) < 4.78 is 1.70. The van der Waals surface area contributed by atoms with Crippen molar-refractivity contribution in [2.45, 2.75) is 32.2 Å². The monoisotopic (exact) mass is 261 g/mol. The maximum absolute atomic E-state index is 10.8. The summed E-state index contributed by atoms with van der Waals surface area (Å²) in [5.74, 6) is 1.48. The standard InChI is InChI=1S/C12H15N5O2/c1-6-5-8(6)11-15-14-10-4-3-9(16-17(10)11)13-7(2)12(18)19/h3-4,6-8H,5H2,1-2H3,(H,13,16)(H,18,19)/t6?,7-,8?/m1/s1. The fraction of sp³-hybridized carbons (Fsp3) is 0.500. The lowest BCUT2D eigenvalue weighted by atomic mass is 10.3. The van der Waals surface area contributed by atoms with Crippen LogP contribution in [-0.4, -0.2) is 36.9 Å². The second kappa shape index (κ2) is 4.18. The summed E-state index contributed by atoms with van der Waals surface area (Å²) in [4.78, 5) is 10.8. The van der Waals surface area contributed by atoms with Crippen LogP contribution in [0.4, 0.5) is 5.82 Å². The number of hydrogen-bond acceptors (Lipinski definition) is 5. The van der Waals surface area contributed by atoms with Crippen LogP contribution in [0.3, 0.4) is 0 Å². The summed E-state index contributed by atoms with van der Waals surface area (Å²) in [6.45, 7) is 3.74. The van der Waals surface area contributed by atoms with Gasteiger partial charge in [0.1, 0.15) is 11.9 Å². The first kappa shape index (κ1) is 11.9. The third kappa shape index (κ3) is 2.11. The lowest BCUT2D eigenvalue weighted by Crippen LogP contribution is -2.26. The Labute approximate surface area is 109 Å². The zero-order valence-corrected chi connectivity index (χ0v) is 10.7. The van der Waals surface area contributed by atoms with Crippen LogP contribution in [-0.2, 0) is 4.79 Å². The van der Waals surface area contributed by atoms with E-state index in [2.05, 4.69) is 27.5 Å². The number of nitrogens with zero attached hydrogens (tertiary/aromatic N) is 4. The number of nitrogens with one attached hydrogen (secondary N) is 1. The van der Waals surface area contributed by atoms with Crippen molar-refractivity contribution in [2.24, 2.45) is 5.92 Å². The Morgan fingerprint density at radius 3 is 2.89 bits per heavy atom. The lowest BCUT2D eigenvalue weighted by molar-refractivity contribution is -0.137. The fourth-order valence-corrected chi connectivity index (χ4v) is 2.08. The van der Waals surface area contributed by atoms with Crippen molar-refractivity contribution in [3.8, 4) is 0 Å². The molecule has 2 aromatic rings. The van der Waals surface area contributed by atoms with Crippen LogP contribution in [0.5, 0.6) is 0 Å². The minimum atomic E-state index is -0.915. The van der Waals surface area contributed by atoms with Crippen LogP contribution in [0.2, 0.25) is 0 Å². The molecule has 7 heteroatoms. The average molecular weight is 261 g/mol. The number of carboxylic acids is 1. The summed E-state index contributed by atoms with van der Waals surface area (Å²) >= 11 is 0. The minimum absolute atomic E-state index is 0.412. The van der Waals surface area contributed by atoms with Gasteiger partial charge in [0.05, 0.1) is 0 Å². The molecule has 2 N–H and O–H groups in total. The molecule has 1 saturated carbocycles. The topological polar surface area (TPSA) is 92.4 Å². The molecule has 1 aliphatic carbocycles. The number of hydrogen-bond donors (Lipinski definition) is 2. The van der Waals surface area contributed by atoms with E-state index in [-0.39, 0.29) is 0 Å². The van der Waals surface area contributed by atoms with Gasteiger partial charge in [-0.2, -0.15) is 4.52 Å². The number of fused-ring (bicyclic) bond motifs is 1. The maximum atomic E-state index is 10.8. The molecule has 1 aliphatic rings. The van der Waals surface area contributed by atoms with Crippen LogP contribution >= 0.6 is 0 Å². The predicted molar refractivity (Wildman–Crippen MR) is 68.0 cm³/mol. The summed E-state index contributed by atoms with van der Waals surface area (Å²) in [5, 5.41) is 24.3. The van der Waals surface area contributed by atoms with E-state index in [1.165, 1.54) is 0 Å². The highest BCUT2D eigenvalue weighted by atomic mass is 16.4. The van der Waals surface area contributed by atoms with E-state index in [0.717, 1.165) is 12.2 Å². The molecular weight excluding hydrogens is 246 g/mol. The lowest BCUT2D eigenvalue weighted by Gasteiger charge is -2.09. The number of aliphatic carboxylic acids is 1. The zero-order chi connectivity index (χ0) is 13.6. The van der Waals surface area contributed by atoms with E-state index < -0.39 is 12.0 Å². The Morgan fingerprint density at radius 2 is 2.26 bits per heavy atom. The van der Waals surface area contributed by atoms with Gasteiger partial charge in [0.15, 0.2) is 11.5 Å². The van der Waals surface area contributed by atoms with Gasteiger partial charge in [-0.25, -0.2) is 0 Å². The Morgan fingerprint density at radius 1 is 1.53 bits per heavy atom. The molecule has 0 aliphatic heterocycles. The number of anilines is 1. The van der Waals surface area contributed by atoms with Gasteiger partial charge in [-0.1, -0.05) is 6.92 Å². The molecule has 100 valence electrons. The molecule has 0 aromatic carbocycles. The van der Waals surface area contributed by atoms with Gasteiger partial charge in [0.25, 0.3) is 0 Å². The fourth-order valence-electron chi connectivity index (χ4n) is 2.08. The first-order valence-electron chi connectivity index (χ1n) is 6.28. The van der Waals surface area contributed by atoms with Gasteiger partial charge >= 0.3 is 5.97 Å². The molecule has 0 amide bonds. The van der Waals surface area contributed by atoms with E-state index in [1.54, 1.807) is 23.6 Å². The Bertz CT molecular complexity index is 638. The summed E-state index contributed by atoms with van der Waals surface area (Å²) in [5.41, 5.74) is 0.683. The highest BCUT2D eigenvalue weighted by Crippen LogP contribution is 2.45. The zero-order valence-electron chi connectivity index (χ0n) is 10.7. The second-order valence-corrected chi connectivity index (χ2v) is 5.07. The smallest absolute Gasteiger partial charge is 0.325 e. The van der Waals surface area contributed by atoms with Crippen molar-refractivity contribution in [3.05, 3.63) is 18.0 Å². The first-order chi connectivity index (χ1) is 9.06. The van der Waals surface area contributed by atoms with Gasteiger partial charge in [0.2, 0.25) is 0 Å². The molecule has 1 fully saturated rings. The number of carboxylic acid groups (broad SMARTS) is 1. The quantitative estimate of drug-likeness (QED) is 0.857. The van der Waals surface area contributed by atoms with Crippen molar-refractivity contribution in [3.63, 3.8) is 0 Å². The molecule has 2 aromatic heterocycles. The molecule has 7 nitrogen and oxygen atoms in total. The minimum Gasteiger partial charge on any atom is -0.480 e. The van der Waals surface area contributed by atoms with Crippen molar-refractivity contribution in [1.82, 2.24) is 19.8 Å². The van der Waals surface area contributed by atoms with E-state index in [4.69, 9.17) is 5.11 Å². The third-order valence-electron chi connectivity index (χ3n) is 3.46.